The van der Waals surface area contributed by atoms with Crippen molar-refractivity contribution >= 4 is 18.1 Å². The van der Waals surface area contributed by atoms with Crippen molar-refractivity contribution in [2.45, 2.75) is 130 Å². The molecular weight excluding hydrogens is 486 g/mol. The fourth-order valence-electron chi connectivity index (χ4n) is 3.48. The Morgan fingerprint density at radius 1 is 0.658 bits per heavy atom. The number of aliphatic imine (C=N–C) groups is 1. The van der Waals surface area contributed by atoms with Gasteiger partial charge in [0.2, 0.25) is 5.96 Å². The molecule has 220 valence electrons. The van der Waals surface area contributed by atoms with Crippen molar-refractivity contribution < 1.29 is 19.1 Å². The summed E-state index contributed by atoms with van der Waals surface area (Å²) in [5, 5.41) is 12.1. The second-order valence-electron chi connectivity index (χ2n) is 11.4. The van der Waals surface area contributed by atoms with Crippen LogP contribution >= 0.6 is 0 Å². The summed E-state index contributed by atoms with van der Waals surface area (Å²) in [7, 11) is 0. The van der Waals surface area contributed by atoms with Gasteiger partial charge in [-0.1, -0.05) is 56.5 Å². The number of hydrogen-bond acceptors (Lipinski definition) is 7. The molecule has 0 aromatic heterocycles. The number of rotatable bonds is 18. The first kappa shape index (κ1) is 35.5. The number of carbonyl (C=O) groups is 2. The third-order valence-corrected chi connectivity index (χ3v) is 5.20. The van der Waals surface area contributed by atoms with Gasteiger partial charge in [0.1, 0.15) is 11.2 Å². The van der Waals surface area contributed by atoms with E-state index >= 15 is 0 Å². The van der Waals surface area contributed by atoms with E-state index in [1.165, 1.54) is 44.9 Å². The Labute approximate surface area is 229 Å². The quantitative estimate of drug-likeness (QED) is 0.0429. The van der Waals surface area contributed by atoms with Crippen molar-refractivity contribution in [2.75, 3.05) is 26.2 Å². The highest BCUT2D eigenvalue weighted by Gasteiger charge is 2.21. The summed E-state index contributed by atoms with van der Waals surface area (Å²) in [6, 6.07) is 0. The van der Waals surface area contributed by atoms with Crippen LogP contribution in [0.5, 0.6) is 0 Å². The summed E-state index contributed by atoms with van der Waals surface area (Å²) in [6.07, 6.45) is 12.3. The number of azide groups is 1. The molecule has 0 aliphatic heterocycles. The third kappa shape index (κ3) is 26.5. The Balaban J connectivity index is 3.96. The molecule has 0 saturated heterocycles. The Morgan fingerprint density at radius 3 is 1.47 bits per heavy atom. The molecule has 0 unspecified atom stereocenters. The zero-order valence-corrected chi connectivity index (χ0v) is 24.7. The van der Waals surface area contributed by atoms with E-state index in [1.807, 2.05) is 0 Å². The Morgan fingerprint density at radius 2 is 1.05 bits per heavy atom. The number of guanidine groups is 1. The van der Waals surface area contributed by atoms with E-state index in [1.54, 1.807) is 41.5 Å². The lowest BCUT2D eigenvalue weighted by Crippen LogP contribution is -2.47. The maximum Gasteiger partial charge on any atom is 0.414 e. The fraction of sp³-hybridized carbons (Fsp3) is 0.889. The van der Waals surface area contributed by atoms with Gasteiger partial charge in [-0.3, -0.25) is 15.6 Å². The summed E-state index contributed by atoms with van der Waals surface area (Å²) in [4.78, 5) is 31.3. The van der Waals surface area contributed by atoms with E-state index in [-0.39, 0.29) is 5.96 Å². The lowest BCUT2D eigenvalue weighted by molar-refractivity contribution is 0.0545. The van der Waals surface area contributed by atoms with E-state index in [2.05, 4.69) is 31.0 Å². The molecule has 0 rings (SSSR count). The van der Waals surface area contributed by atoms with Crippen LogP contribution in [-0.2, 0) is 9.47 Å². The number of amides is 2. The molecule has 0 aromatic carbocycles. The first-order valence-electron chi connectivity index (χ1n) is 14.2. The minimum Gasteiger partial charge on any atom is -0.444 e. The van der Waals surface area contributed by atoms with Gasteiger partial charge in [-0.2, -0.15) is 0 Å². The van der Waals surface area contributed by atoms with E-state index in [4.69, 9.17) is 15.0 Å². The van der Waals surface area contributed by atoms with E-state index in [0.29, 0.717) is 13.1 Å². The standard InChI is InChI=1S/C27H53N7O4/c1-26(2,3)37-24(35)32-23(33-25(36)38-27(4,5)6)30-21-17-13-9-7-11-15-19-29-20-16-12-8-10-14-18-22-31-34-28/h29H,7-22H2,1-6H3,(H2,30,32,33,35,36). The molecule has 0 aliphatic carbocycles. The van der Waals surface area contributed by atoms with Gasteiger partial charge < -0.3 is 14.8 Å². The van der Waals surface area contributed by atoms with Crippen LogP contribution in [0.2, 0.25) is 0 Å². The van der Waals surface area contributed by atoms with Gasteiger partial charge >= 0.3 is 12.2 Å². The zero-order valence-electron chi connectivity index (χ0n) is 24.7. The monoisotopic (exact) mass is 539 g/mol. The number of ether oxygens (including phenoxy) is 2. The molecule has 0 bridgehead atoms. The molecule has 38 heavy (non-hydrogen) atoms. The van der Waals surface area contributed by atoms with Gasteiger partial charge in [0.15, 0.2) is 0 Å². The van der Waals surface area contributed by atoms with E-state index < -0.39 is 23.4 Å². The number of nitrogens with zero attached hydrogens (tertiary/aromatic N) is 4. The molecule has 0 radical (unpaired) electrons. The van der Waals surface area contributed by atoms with Crippen molar-refractivity contribution in [2.24, 2.45) is 10.1 Å². The first-order chi connectivity index (χ1) is 17.9. The summed E-state index contributed by atoms with van der Waals surface area (Å²) < 4.78 is 10.5. The molecule has 0 fully saturated rings. The number of hydrogen-bond donors (Lipinski definition) is 3. The molecule has 0 saturated carbocycles. The number of unbranched alkanes of at least 4 members (excludes halogenated alkanes) is 10. The Bertz CT molecular complexity index is 692. The predicted octanol–water partition coefficient (Wildman–Crippen LogP) is 6.97. The second-order valence-corrected chi connectivity index (χ2v) is 11.4. The normalized spacial score (nSPS) is 11.3. The first-order valence-corrected chi connectivity index (χ1v) is 14.2. The molecule has 0 spiro atoms. The van der Waals surface area contributed by atoms with Gasteiger partial charge in [0, 0.05) is 18.0 Å². The zero-order chi connectivity index (χ0) is 28.7. The van der Waals surface area contributed by atoms with Gasteiger partial charge in [0.05, 0.1) is 0 Å². The molecule has 0 heterocycles. The highest BCUT2D eigenvalue weighted by atomic mass is 16.6. The van der Waals surface area contributed by atoms with Crippen LogP contribution in [0.25, 0.3) is 10.4 Å². The van der Waals surface area contributed by atoms with Crippen LogP contribution in [0.15, 0.2) is 10.1 Å². The van der Waals surface area contributed by atoms with Gasteiger partial charge in [-0.05, 0) is 85.8 Å². The average Bonchev–Trinajstić information content (AvgIpc) is 2.78. The van der Waals surface area contributed by atoms with Crippen LogP contribution in [-0.4, -0.2) is 55.5 Å². The topological polar surface area (TPSA) is 150 Å². The van der Waals surface area contributed by atoms with E-state index in [0.717, 1.165) is 45.2 Å². The number of nitrogens with one attached hydrogen (secondary N) is 3. The SMILES string of the molecule is CC(C)(C)OC(=O)NC(=NCCCCCCCCNCCCCCCCCN=[N+]=[N-])NC(=O)OC(C)(C)C. The highest BCUT2D eigenvalue weighted by Crippen LogP contribution is 2.09. The summed E-state index contributed by atoms with van der Waals surface area (Å²) >= 11 is 0. The van der Waals surface area contributed by atoms with Crippen LogP contribution in [0.1, 0.15) is 119 Å². The van der Waals surface area contributed by atoms with Crippen molar-refractivity contribution in [3.63, 3.8) is 0 Å². The van der Waals surface area contributed by atoms with Gasteiger partial charge in [-0.15, -0.1) is 0 Å². The third-order valence-electron chi connectivity index (χ3n) is 5.20. The molecule has 0 aliphatic rings. The molecule has 3 N–H and O–H groups in total. The summed E-state index contributed by atoms with van der Waals surface area (Å²) in [6.45, 7) is 13.8. The lowest BCUT2D eigenvalue weighted by atomic mass is 10.1. The number of alkyl carbamates (subject to hydrolysis) is 2. The molecule has 0 atom stereocenters. The van der Waals surface area contributed by atoms with Crippen LogP contribution < -0.4 is 16.0 Å². The minimum absolute atomic E-state index is 0.0323. The van der Waals surface area contributed by atoms with E-state index in [9.17, 15) is 9.59 Å². The fourth-order valence-corrected chi connectivity index (χ4v) is 3.48. The lowest BCUT2D eigenvalue weighted by Gasteiger charge is -2.22. The highest BCUT2D eigenvalue weighted by molar-refractivity contribution is 6.01. The van der Waals surface area contributed by atoms with Crippen LogP contribution in [0, 0.1) is 0 Å². The minimum atomic E-state index is -0.681. The summed E-state index contributed by atoms with van der Waals surface area (Å²) in [5.41, 5.74) is 6.91. The number of carbonyl (C=O) groups excluding carboxylic acids is 2. The van der Waals surface area contributed by atoms with Crippen molar-refractivity contribution in [3.05, 3.63) is 10.4 Å². The average molecular weight is 540 g/mol. The van der Waals surface area contributed by atoms with Crippen molar-refractivity contribution in [1.29, 1.82) is 0 Å². The van der Waals surface area contributed by atoms with Crippen molar-refractivity contribution in [1.82, 2.24) is 16.0 Å². The Hall–Kier alpha value is -2.52. The van der Waals surface area contributed by atoms with Gasteiger partial charge in [0.25, 0.3) is 0 Å². The largest absolute Gasteiger partial charge is 0.444 e. The molecule has 0 aromatic rings. The maximum absolute atomic E-state index is 12.1. The molecular formula is C27H53N7O4. The molecule has 11 heteroatoms. The smallest absolute Gasteiger partial charge is 0.414 e. The van der Waals surface area contributed by atoms with Crippen LogP contribution in [0.3, 0.4) is 0 Å². The Kier molecular flexibility index (Phi) is 20.0. The molecule has 2 amide bonds. The van der Waals surface area contributed by atoms with Gasteiger partial charge in [-0.25, -0.2) is 9.59 Å². The predicted molar refractivity (Wildman–Crippen MR) is 153 cm³/mol. The second kappa shape index (κ2) is 21.4. The summed E-state index contributed by atoms with van der Waals surface area (Å²) in [5.74, 6) is 0.0323. The molecule has 11 nitrogen and oxygen atoms in total. The maximum atomic E-state index is 12.1. The van der Waals surface area contributed by atoms with Crippen LogP contribution in [0.4, 0.5) is 9.59 Å². The van der Waals surface area contributed by atoms with Crippen molar-refractivity contribution in [3.8, 4) is 0 Å².